The zero-order valence-electron chi connectivity index (χ0n) is 18.1. The van der Waals surface area contributed by atoms with Crippen LogP contribution >= 0.6 is 23.1 Å². The molecule has 3 aromatic rings. The maximum absolute atomic E-state index is 12.5. The van der Waals surface area contributed by atoms with Gasteiger partial charge in [0.2, 0.25) is 11.8 Å². The number of carbonyl (C=O) groups is 2. The number of amides is 2. The molecule has 2 heterocycles. The lowest BCUT2D eigenvalue weighted by Gasteiger charge is -2.12. The molecule has 0 saturated carbocycles. The van der Waals surface area contributed by atoms with Crippen LogP contribution in [0.15, 0.2) is 34.8 Å². The number of carbonyl (C=O) groups excluding carboxylic acids is 2. The highest BCUT2D eigenvalue weighted by molar-refractivity contribution is 7.99. The number of nitrogens with two attached hydrogens (primary N) is 1. The number of aromatic nitrogens is 4. The summed E-state index contributed by atoms with van der Waals surface area (Å²) in [5.41, 5.74) is 6.36. The van der Waals surface area contributed by atoms with E-state index in [9.17, 15) is 19.7 Å². The minimum Gasteiger partial charge on any atom is -0.370 e. The van der Waals surface area contributed by atoms with E-state index in [0.717, 1.165) is 0 Å². The molecule has 0 atom stereocenters. The number of nitro groups is 1. The Kier molecular flexibility index (Phi) is 8.11. The van der Waals surface area contributed by atoms with Crippen LogP contribution < -0.4 is 11.1 Å². The summed E-state index contributed by atoms with van der Waals surface area (Å²) in [6.45, 7) is 4.77. The zero-order valence-corrected chi connectivity index (χ0v) is 19.7. The van der Waals surface area contributed by atoms with Crippen molar-refractivity contribution in [2.75, 3.05) is 11.1 Å². The van der Waals surface area contributed by atoms with Crippen molar-refractivity contribution in [3.63, 3.8) is 0 Å². The molecule has 0 aliphatic rings. The van der Waals surface area contributed by atoms with Crippen molar-refractivity contribution in [2.45, 2.75) is 38.4 Å². The van der Waals surface area contributed by atoms with Crippen molar-refractivity contribution in [3.05, 3.63) is 45.6 Å². The summed E-state index contributed by atoms with van der Waals surface area (Å²) in [5.74, 6) is 0.405. The molecular formula is C20H23N7O4S2. The molecule has 0 bridgehead atoms. The highest BCUT2D eigenvalue weighted by atomic mass is 32.2. The van der Waals surface area contributed by atoms with Gasteiger partial charge in [0.15, 0.2) is 10.3 Å². The molecule has 0 spiro atoms. The van der Waals surface area contributed by atoms with Gasteiger partial charge in [0.1, 0.15) is 5.82 Å². The molecule has 0 unspecified atom stereocenters. The van der Waals surface area contributed by atoms with E-state index in [2.05, 4.69) is 34.3 Å². The average Bonchev–Trinajstić information content (AvgIpc) is 3.37. The number of thiazole rings is 1. The number of non-ortho nitro benzene ring substituents is 1. The second-order valence-corrected chi connectivity index (χ2v) is 9.35. The number of nitro benzene ring substituents is 1. The van der Waals surface area contributed by atoms with Gasteiger partial charge in [-0.15, -0.1) is 21.5 Å². The summed E-state index contributed by atoms with van der Waals surface area (Å²) < 4.78 is 1.91. The second kappa shape index (κ2) is 11.0. The van der Waals surface area contributed by atoms with Gasteiger partial charge in [-0.2, -0.15) is 0 Å². The molecule has 0 aliphatic heterocycles. The fourth-order valence-corrected chi connectivity index (χ4v) is 4.42. The van der Waals surface area contributed by atoms with Crippen LogP contribution in [-0.4, -0.2) is 42.2 Å². The lowest BCUT2D eigenvalue weighted by Crippen LogP contribution is -2.16. The second-order valence-electron chi connectivity index (χ2n) is 7.55. The van der Waals surface area contributed by atoms with E-state index >= 15 is 0 Å². The SMILES string of the molecule is CC(C)Cn1c(CCC(N)=O)nnc1SCC(=O)Nc1nc(-c2cccc([N+](=O)[O-])c2)cs1. The first-order chi connectivity index (χ1) is 15.7. The largest absolute Gasteiger partial charge is 0.370 e. The van der Waals surface area contributed by atoms with Crippen LogP contribution in [0.25, 0.3) is 11.3 Å². The summed E-state index contributed by atoms with van der Waals surface area (Å²) in [6, 6.07) is 6.16. The zero-order chi connectivity index (χ0) is 24.0. The maximum Gasteiger partial charge on any atom is 0.270 e. The third-order valence-electron chi connectivity index (χ3n) is 4.37. The molecule has 33 heavy (non-hydrogen) atoms. The summed E-state index contributed by atoms with van der Waals surface area (Å²) >= 11 is 2.48. The lowest BCUT2D eigenvalue weighted by atomic mass is 10.1. The van der Waals surface area contributed by atoms with Gasteiger partial charge in [-0.05, 0) is 5.92 Å². The van der Waals surface area contributed by atoms with Gasteiger partial charge in [0.05, 0.1) is 16.4 Å². The molecule has 0 aliphatic carbocycles. The summed E-state index contributed by atoms with van der Waals surface area (Å²) in [5, 5.41) is 24.8. The lowest BCUT2D eigenvalue weighted by molar-refractivity contribution is -0.384. The average molecular weight is 490 g/mol. The van der Waals surface area contributed by atoms with Crippen LogP contribution in [0.5, 0.6) is 0 Å². The number of nitrogens with zero attached hydrogens (tertiary/aromatic N) is 5. The first-order valence-corrected chi connectivity index (χ1v) is 11.9. The van der Waals surface area contributed by atoms with Gasteiger partial charge >= 0.3 is 0 Å². The number of rotatable bonds is 11. The Balaban J connectivity index is 1.62. The number of thioether (sulfide) groups is 1. The minimum atomic E-state index is -0.465. The Morgan fingerprint density at radius 1 is 1.33 bits per heavy atom. The number of nitrogens with one attached hydrogen (secondary N) is 1. The van der Waals surface area contributed by atoms with Gasteiger partial charge in [0, 0.05) is 42.5 Å². The third-order valence-corrected chi connectivity index (χ3v) is 6.10. The summed E-state index contributed by atoms with van der Waals surface area (Å²) in [4.78, 5) is 38.4. The van der Waals surface area contributed by atoms with E-state index in [1.807, 2.05) is 4.57 Å². The van der Waals surface area contributed by atoms with Crippen molar-refractivity contribution in [1.29, 1.82) is 0 Å². The Morgan fingerprint density at radius 3 is 2.82 bits per heavy atom. The highest BCUT2D eigenvalue weighted by Gasteiger charge is 2.17. The van der Waals surface area contributed by atoms with Crippen LogP contribution in [0.2, 0.25) is 0 Å². The van der Waals surface area contributed by atoms with Gasteiger partial charge in [-0.25, -0.2) is 4.98 Å². The number of hydrogen-bond acceptors (Lipinski definition) is 9. The highest BCUT2D eigenvalue weighted by Crippen LogP contribution is 2.28. The van der Waals surface area contributed by atoms with E-state index < -0.39 is 10.8 Å². The Bertz CT molecular complexity index is 1160. The van der Waals surface area contributed by atoms with E-state index in [1.165, 1.54) is 35.2 Å². The number of anilines is 1. The smallest absolute Gasteiger partial charge is 0.270 e. The molecule has 13 heteroatoms. The molecule has 0 saturated heterocycles. The summed E-state index contributed by atoms with van der Waals surface area (Å²) in [6.07, 6.45) is 0.569. The predicted octanol–water partition coefficient (Wildman–Crippen LogP) is 3.11. The molecule has 2 amide bonds. The number of hydrogen-bond donors (Lipinski definition) is 2. The van der Waals surface area contributed by atoms with E-state index in [-0.39, 0.29) is 23.8 Å². The van der Waals surface area contributed by atoms with E-state index in [0.29, 0.717) is 46.3 Å². The van der Waals surface area contributed by atoms with Gasteiger partial charge in [-0.3, -0.25) is 19.7 Å². The quantitative estimate of drug-likeness (QED) is 0.236. The fraction of sp³-hybridized carbons (Fsp3) is 0.350. The van der Waals surface area contributed by atoms with Crippen molar-refractivity contribution in [1.82, 2.24) is 19.7 Å². The van der Waals surface area contributed by atoms with Crippen molar-refractivity contribution >= 4 is 45.7 Å². The van der Waals surface area contributed by atoms with Crippen molar-refractivity contribution < 1.29 is 14.5 Å². The van der Waals surface area contributed by atoms with Crippen LogP contribution in [0, 0.1) is 16.0 Å². The first-order valence-electron chi connectivity index (χ1n) is 10.1. The van der Waals surface area contributed by atoms with Gasteiger partial charge in [-0.1, -0.05) is 37.7 Å². The van der Waals surface area contributed by atoms with Crippen molar-refractivity contribution in [3.8, 4) is 11.3 Å². The minimum absolute atomic E-state index is 0.0248. The van der Waals surface area contributed by atoms with Crippen LogP contribution in [0.1, 0.15) is 26.1 Å². The molecular weight excluding hydrogens is 466 g/mol. The number of primary amides is 1. The van der Waals surface area contributed by atoms with Crippen LogP contribution in [0.3, 0.4) is 0 Å². The standard InChI is InChI=1S/C20H23N7O4S2/c1-12(2)9-26-17(7-6-16(21)28)24-25-20(26)33-11-18(29)23-19-22-15(10-32-19)13-4-3-5-14(8-13)27(30)31/h3-5,8,10,12H,6-7,9,11H2,1-2H3,(H2,21,28)(H,22,23,29). The topological polar surface area (TPSA) is 159 Å². The van der Waals surface area contributed by atoms with E-state index in [4.69, 9.17) is 5.73 Å². The number of benzene rings is 1. The molecule has 3 rings (SSSR count). The van der Waals surface area contributed by atoms with Crippen LogP contribution in [-0.2, 0) is 22.6 Å². The van der Waals surface area contributed by atoms with E-state index in [1.54, 1.807) is 17.5 Å². The first kappa shape index (κ1) is 24.3. The third kappa shape index (κ3) is 6.83. The molecule has 11 nitrogen and oxygen atoms in total. The maximum atomic E-state index is 12.5. The molecule has 2 aromatic heterocycles. The predicted molar refractivity (Wildman–Crippen MR) is 126 cm³/mol. The van der Waals surface area contributed by atoms with Crippen molar-refractivity contribution in [2.24, 2.45) is 11.7 Å². The summed E-state index contributed by atoms with van der Waals surface area (Å²) in [7, 11) is 0. The Morgan fingerprint density at radius 2 is 2.12 bits per heavy atom. The Labute approximate surface area is 198 Å². The van der Waals surface area contributed by atoms with Gasteiger partial charge < -0.3 is 15.6 Å². The monoisotopic (exact) mass is 489 g/mol. The molecule has 0 radical (unpaired) electrons. The van der Waals surface area contributed by atoms with Crippen LogP contribution in [0.4, 0.5) is 10.8 Å². The Hall–Kier alpha value is -3.32. The fourth-order valence-electron chi connectivity index (χ4n) is 2.92. The van der Waals surface area contributed by atoms with Gasteiger partial charge in [0.25, 0.3) is 5.69 Å². The molecule has 174 valence electrons. The molecule has 3 N–H and O–H groups in total. The normalized spacial score (nSPS) is 11.0. The molecule has 0 fully saturated rings. The number of aryl methyl sites for hydroxylation is 1. The molecule has 1 aromatic carbocycles.